The van der Waals surface area contributed by atoms with Crippen molar-refractivity contribution < 1.29 is 9.47 Å². The zero-order valence-corrected chi connectivity index (χ0v) is 10.0. The summed E-state index contributed by atoms with van der Waals surface area (Å²) in [5, 5.41) is 0. The van der Waals surface area contributed by atoms with Gasteiger partial charge >= 0.3 is 0 Å². The fourth-order valence-electron chi connectivity index (χ4n) is 1.77. The molecule has 0 spiro atoms. The average molecular weight is 221 g/mol. The van der Waals surface area contributed by atoms with Gasteiger partial charge in [0.1, 0.15) is 18.1 Å². The van der Waals surface area contributed by atoms with Crippen LogP contribution in [0.2, 0.25) is 0 Å². The molecule has 1 aromatic rings. The topological polar surface area (TPSA) is 21.7 Å². The number of benzene rings is 1. The van der Waals surface area contributed by atoms with E-state index >= 15 is 0 Å². The van der Waals surface area contributed by atoms with Crippen LogP contribution in [-0.2, 0) is 6.42 Å². The molecule has 88 valence electrons. The molecule has 1 aliphatic heterocycles. The van der Waals surface area contributed by atoms with E-state index in [1.54, 1.807) is 0 Å². The summed E-state index contributed by atoms with van der Waals surface area (Å²) in [7, 11) is 4.09. The molecule has 0 saturated heterocycles. The second-order valence-corrected chi connectivity index (χ2v) is 4.37. The van der Waals surface area contributed by atoms with Crippen LogP contribution in [0.3, 0.4) is 0 Å². The van der Waals surface area contributed by atoms with Crippen LogP contribution in [-0.4, -0.2) is 38.8 Å². The van der Waals surface area contributed by atoms with Gasteiger partial charge in [0.2, 0.25) is 0 Å². The Kier molecular flexibility index (Phi) is 3.67. The summed E-state index contributed by atoms with van der Waals surface area (Å²) in [5.41, 5.74) is 1.27. The SMILES string of the molecule is CN(C)CCOc1ccc2c(c1)CCCO2. The van der Waals surface area contributed by atoms with Gasteiger partial charge in [0.15, 0.2) is 0 Å². The summed E-state index contributed by atoms with van der Waals surface area (Å²) >= 11 is 0. The molecule has 0 radical (unpaired) electrons. The molecule has 0 atom stereocenters. The van der Waals surface area contributed by atoms with Crippen molar-refractivity contribution in [2.24, 2.45) is 0 Å². The van der Waals surface area contributed by atoms with Crippen LogP contribution < -0.4 is 9.47 Å². The predicted octanol–water partition coefficient (Wildman–Crippen LogP) is 1.95. The molecule has 0 saturated carbocycles. The van der Waals surface area contributed by atoms with Crippen molar-refractivity contribution in [2.75, 3.05) is 33.9 Å². The van der Waals surface area contributed by atoms with Crippen molar-refractivity contribution in [1.82, 2.24) is 4.90 Å². The minimum atomic E-state index is 0.729. The largest absolute Gasteiger partial charge is 0.493 e. The minimum Gasteiger partial charge on any atom is -0.493 e. The third kappa shape index (κ3) is 2.89. The molecule has 0 fully saturated rings. The highest BCUT2D eigenvalue weighted by molar-refractivity contribution is 5.41. The van der Waals surface area contributed by atoms with Crippen molar-refractivity contribution >= 4 is 0 Å². The highest BCUT2D eigenvalue weighted by atomic mass is 16.5. The third-order valence-electron chi connectivity index (χ3n) is 2.69. The van der Waals surface area contributed by atoms with E-state index in [0.717, 1.165) is 44.1 Å². The van der Waals surface area contributed by atoms with Crippen LogP contribution in [0.4, 0.5) is 0 Å². The Morgan fingerprint density at radius 3 is 3.06 bits per heavy atom. The molecule has 3 nitrogen and oxygen atoms in total. The van der Waals surface area contributed by atoms with Gasteiger partial charge in [-0.3, -0.25) is 0 Å². The van der Waals surface area contributed by atoms with Crippen LogP contribution in [0, 0.1) is 0 Å². The fourth-order valence-corrected chi connectivity index (χ4v) is 1.77. The highest BCUT2D eigenvalue weighted by Gasteiger charge is 2.10. The summed E-state index contributed by atoms with van der Waals surface area (Å²) < 4.78 is 11.2. The quantitative estimate of drug-likeness (QED) is 0.775. The number of nitrogens with zero attached hydrogens (tertiary/aromatic N) is 1. The van der Waals surface area contributed by atoms with E-state index in [2.05, 4.69) is 11.0 Å². The molecule has 0 N–H and O–H groups in total. The van der Waals surface area contributed by atoms with Gasteiger partial charge < -0.3 is 14.4 Å². The first kappa shape index (κ1) is 11.3. The minimum absolute atomic E-state index is 0.729. The van der Waals surface area contributed by atoms with Gasteiger partial charge in [-0.15, -0.1) is 0 Å². The second-order valence-electron chi connectivity index (χ2n) is 4.37. The molecule has 1 aliphatic rings. The van der Waals surface area contributed by atoms with Crippen molar-refractivity contribution in [3.05, 3.63) is 23.8 Å². The first-order chi connectivity index (χ1) is 7.75. The van der Waals surface area contributed by atoms with E-state index in [-0.39, 0.29) is 0 Å². The summed E-state index contributed by atoms with van der Waals surface area (Å²) in [6, 6.07) is 6.10. The van der Waals surface area contributed by atoms with Crippen LogP contribution in [0.1, 0.15) is 12.0 Å². The lowest BCUT2D eigenvalue weighted by atomic mass is 10.1. The molecule has 0 amide bonds. The van der Waals surface area contributed by atoms with E-state index in [1.807, 2.05) is 26.2 Å². The maximum Gasteiger partial charge on any atom is 0.122 e. The fraction of sp³-hybridized carbons (Fsp3) is 0.538. The van der Waals surface area contributed by atoms with E-state index < -0.39 is 0 Å². The predicted molar refractivity (Wildman–Crippen MR) is 64.3 cm³/mol. The third-order valence-corrected chi connectivity index (χ3v) is 2.69. The lowest BCUT2D eigenvalue weighted by molar-refractivity contribution is 0.258. The first-order valence-electron chi connectivity index (χ1n) is 5.79. The Hall–Kier alpha value is -1.22. The van der Waals surface area contributed by atoms with Gasteiger partial charge in [0.05, 0.1) is 6.61 Å². The molecule has 1 aromatic carbocycles. The van der Waals surface area contributed by atoms with E-state index in [9.17, 15) is 0 Å². The Morgan fingerprint density at radius 2 is 2.25 bits per heavy atom. The lowest BCUT2D eigenvalue weighted by Gasteiger charge is -2.18. The normalized spacial score (nSPS) is 14.4. The molecule has 16 heavy (non-hydrogen) atoms. The monoisotopic (exact) mass is 221 g/mol. The molecule has 0 bridgehead atoms. The Morgan fingerprint density at radius 1 is 1.38 bits per heavy atom. The van der Waals surface area contributed by atoms with E-state index in [1.165, 1.54) is 5.56 Å². The van der Waals surface area contributed by atoms with Crippen LogP contribution in [0.5, 0.6) is 11.5 Å². The summed E-state index contributed by atoms with van der Waals surface area (Å²) in [6.07, 6.45) is 2.20. The zero-order chi connectivity index (χ0) is 11.4. The number of fused-ring (bicyclic) bond motifs is 1. The molecule has 1 heterocycles. The maximum absolute atomic E-state index is 5.69. The number of aryl methyl sites for hydroxylation is 1. The van der Waals surface area contributed by atoms with Crippen molar-refractivity contribution in [1.29, 1.82) is 0 Å². The number of hydrogen-bond donors (Lipinski definition) is 0. The number of rotatable bonds is 4. The number of likely N-dealkylation sites (N-methyl/N-ethyl adjacent to an activating group) is 1. The molecule has 2 rings (SSSR count). The van der Waals surface area contributed by atoms with Crippen molar-refractivity contribution in [3.63, 3.8) is 0 Å². The maximum atomic E-state index is 5.69. The van der Waals surface area contributed by atoms with E-state index in [0.29, 0.717) is 0 Å². The van der Waals surface area contributed by atoms with Crippen LogP contribution in [0.25, 0.3) is 0 Å². The highest BCUT2D eigenvalue weighted by Crippen LogP contribution is 2.28. The van der Waals surface area contributed by atoms with Crippen LogP contribution in [0.15, 0.2) is 18.2 Å². The Balaban J connectivity index is 1.95. The number of ether oxygens (including phenoxy) is 2. The van der Waals surface area contributed by atoms with E-state index in [4.69, 9.17) is 9.47 Å². The Bertz CT molecular complexity index is 350. The second kappa shape index (κ2) is 5.21. The summed E-state index contributed by atoms with van der Waals surface area (Å²) in [5.74, 6) is 1.97. The molecular formula is C13H19NO2. The van der Waals surface area contributed by atoms with Gasteiger partial charge in [0, 0.05) is 6.54 Å². The molecule has 0 unspecified atom stereocenters. The Labute approximate surface area is 97.0 Å². The lowest BCUT2D eigenvalue weighted by Crippen LogP contribution is -2.19. The van der Waals surface area contributed by atoms with Crippen molar-refractivity contribution in [3.8, 4) is 11.5 Å². The standard InChI is InChI=1S/C13H19NO2/c1-14(2)7-9-15-12-5-6-13-11(10-12)4-3-8-16-13/h5-6,10H,3-4,7-9H2,1-2H3. The molecule has 0 aliphatic carbocycles. The summed E-state index contributed by atoms with van der Waals surface area (Å²) in [4.78, 5) is 2.11. The number of hydrogen-bond acceptors (Lipinski definition) is 3. The van der Waals surface area contributed by atoms with Gasteiger partial charge in [-0.05, 0) is 50.7 Å². The van der Waals surface area contributed by atoms with Gasteiger partial charge in [-0.2, -0.15) is 0 Å². The zero-order valence-electron chi connectivity index (χ0n) is 10.0. The van der Waals surface area contributed by atoms with Gasteiger partial charge in [-0.1, -0.05) is 0 Å². The summed E-state index contributed by atoms with van der Waals surface area (Å²) in [6.45, 7) is 2.51. The molecule has 0 aromatic heterocycles. The molecule has 3 heteroatoms. The van der Waals surface area contributed by atoms with Crippen molar-refractivity contribution in [2.45, 2.75) is 12.8 Å². The van der Waals surface area contributed by atoms with Gasteiger partial charge in [-0.25, -0.2) is 0 Å². The smallest absolute Gasteiger partial charge is 0.122 e. The van der Waals surface area contributed by atoms with Crippen LogP contribution >= 0.6 is 0 Å². The average Bonchev–Trinajstić information content (AvgIpc) is 2.28. The van der Waals surface area contributed by atoms with Gasteiger partial charge in [0.25, 0.3) is 0 Å². The first-order valence-corrected chi connectivity index (χ1v) is 5.79. The molecular weight excluding hydrogens is 202 g/mol.